The molecule has 0 bridgehead atoms. The van der Waals surface area contributed by atoms with E-state index in [9.17, 15) is 4.21 Å². The van der Waals surface area contributed by atoms with Gasteiger partial charge in [0.25, 0.3) is 0 Å². The maximum absolute atomic E-state index is 13.0. The highest BCUT2D eigenvalue weighted by Gasteiger charge is 2.28. The molecule has 6 heteroatoms. The third kappa shape index (κ3) is 6.86. The molecule has 1 aliphatic heterocycles. The van der Waals surface area contributed by atoms with Gasteiger partial charge in [-0.15, -0.1) is 0 Å². The van der Waals surface area contributed by atoms with Crippen molar-refractivity contribution >= 4 is 26.9 Å². The molecule has 0 spiro atoms. The van der Waals surface area contributed by atoms with Gasteiger partial charge in [0.15, 0.2) is 6.29 Å². The normalized spacial score (nSPS) is 21.8. The molecule has 1 saturated carbocycles. The van der Waals surface area contributed by atoms with Crippen LogP contribution in [0.2, 0.25) is 0 Å². The number of hydrogen-bond acceptors (Lipinski definition) is 3. The van der Waals surface area contributed by atoms with Crippen LogP contribution >= 0.6 is 15.9 Å². The van der Waals surface area contributed by atoms with Crippen molar-refractivity contribution in [3.8, 4) is 0 Å². The minimum absolute atomic E-state index is 0.0126. The quantitative estimate of drug-likeness (QED) is 0.504. The Kier molecular flexibility index (Phi) is 8.75. The van der Waals surface area contributed by atoms with Gasteiger partial charge in [0.2, 0.25) is 0 Å². The van der Waals surface area contributed by atoms with Gasteiger partial charge in [-0.3, -0.25) is 0 Å². The molecule has 3 rings (SSSR count). The topological polar surface area (TPSA) is 47.6 Å². The van der Waals surface area contributed by atoms with Gasteiger partial charge >= 0.3 is 0 Å². The Balaban J connectivity index is 1.85. The van der Waals surface area contributed by atoms with Crippen LogP contribution in [0.4, 0.5) is 0 Å². The predicted molar refractivity (Wildman–Crippen MR) is 123 cm³/mol. The third-order valence-corrected chi connectivity index (χ3v) is 7.97. The molecule has 29 heavy (non-hydrogen) atoms. The first-order valence-corrected chi connectivity index (χ1v) is 13.0. The summed E-state index contributed by atoms with van der Waals surface area (Å²) in [5.41, 5.74) is 2.70. The molecular weight excluding hydrogens is 450 g/mol. The lowest BCUT2D eigenvalue weighted by molar-refractivity contribution is -0.182. The van der Waals surface area contributed by atoms with Gasteiger partial charge in [-0.1, -0.05) is 41.3 Å². The van der Waals surface area contributed by atoms with E-state index in [4.69, 9.17) is 9.47 Å². The molecule has 1 aliphatic carbocycles. The molecule has 1 unspecified atom stereocenters. The van der Waals surface area contributed by atoms with Crippen molar-refractivity contribution in [2.75, 3.05) is 13.2 Å². The Labute approximate surface area is 187 Å². The second-order valence-electron chi connectivity index (χ2n) is 9.26. The van der Waals surface area contributed by atoms with Crippen LogP contribution in [0.15, 0.2) is 22.7 Å². The van der Waals surface area contributed by atoms with Crippen LogP contribution in [0.5, 0.6) is 0 Å². The van der Waals surface area contributed by atoms with Crippen molar-refractivity contribution in [1.29, 1.82) is 0 Å². The Morgan fingerprint density at radius 3 is 2.48 bits per heavy atom. The molecule has 164 valence electrons. The fourth-order valence-corrected chi connectivity index (χ4v) is 5.46. The Bertz CT molecular complexity index is 679. The van der Waals surface area contributed by atoms with Crippen molar-refractivity contribution in [3.05, 3.63) is 33.8 Å². The van der Waals surface area contributed by atoms with Crippen LogP contribution < -0.4 is 4.72 Å². The minimum atomic E-state index is -1.14. The Morgan fingerprint density at radius 1 is 1.14 bits per heavy atom. The molecule has 0 amide bonds. The highest BCUT2D eigenvalue weighted by Crippen LogP contribution is 2.39. The fraction of sp³-hybridized carbons (Fsp3) is 0.739. The lowest BCUT2D eigenvalue weighted by atomic mass is 9.80. The molecule has 1 N–H and O–H groups in total. The second kappa shape index (κ2) is 10.9. The second-order valence-corrected chi connectivity index (χ2v) is 12.2. The van der Waals surface area contributed by atoms with E-state index in [0.29, 0.717) is 5.92 Å². The average molecular weight is 487 g/mol. The predicted octanol–water partition coefficient (Wildman–Crippen LogP) is 6.13. The van der Waals surface area contributed by atoms with E-state index in [1.165, 1.54) is 43.2 Å². The number of rotatable bonds is 7. The van der Waals surface area contributed by atoms with Crippen LogP contribution in [-0.4, -0.2) is 28.5 Å². The Hall–Kier alpha value is -0.270. The highest BCUT2D eigenvalue weighted by molar-refractivity contribution is 9.10. The summed E-state index contributed by atoms with van der Waals surface area (Å²) >= 11 is 3.67. The summed E-state index contributed by atoms with van der Waals surface area (Å²) in [6.45, 7) is 7.58. The lowest BCUT2D eigenvalue weighted by Crippen LogP contribution is -2.37. The van der Waals surface area contributed by atoms with Crippen molar-refractivity contribution in [1.82, 2.24) is 4.72 Å². The average Bonchev–Trinajstić information content (AvgIpc) is 2.71. The standard InChI is InChI=1S/C23H36BrNO3S/c1-23(2,3)29(26)25-21(12-13-22-27-14-7-15-28-22)20-16-18(24)10-11-19(20)17-8-5-4-6-9-17/h10-11,16-17,21-22,25H,4-9,12-15H2,1-3H3/t21-,29?/m0/s1. The van der Waals surface area contributed by atoms with Crippen LogP contribution in [0, 0.1) is 0 Å². The van der Waals surface area contributed by atoms with E-state index >= 15 is 0 Å². The molecule has 1 saturated heterocycles. The van der Waals surface area contributed by atoms with Gasteiger partial charge in [-0.05, 0) is 75.6 Å². The molecule has 1 heterocycles. The molecule has 0 radical (unpaired) electrons. The first-order chi connectivity index (χ1) is 13.8. The van der Waals surface area contributed by atoms with Crippen molar-refractivity contribution in [2.24, 2.45) is 0 Å². The van der Waals surface area contributed by atoms with Crippen molar-refractivity contribution in [3.63, 3.8) is 0 Å². The number of hydrogen-bond donors (Lipinski definition) is 1. The van der Waals surface area contributed by atoms with Crippen LogP contribution in [-0.2, 0) is 20.5 Å². The summed E-state index contributed by atoms with van der Waals surface area (Å²) in [7, 11) is -1.14. The van der Waals surface area contributed by atoms with Crippen LogP contribution in [0.25, 0.3) is 0 Å². The van der Waals surface area contributed by atoms with E-state index in [1.54, 1.807) is 0 Å². The van der Waals surface area contributed by atoms with Crippen LogP contribution in [0.3, 0.4) is 0 Å². The molecule has 2 fully saturated rings. The summed E-state index contributed by atoms with van der Waals surface area (Å²) in [6, 6.07) is 6.67. The summed E-state index contributed by atoms with van der Waals surface area (Å²) in [5.74, 6) is 0.599. The number of ether oxygens (including phenoxy) is 2. The molecule has 1 aromatic carbocycles. The van der Waals surface area contributed by atoms with Gasteiger partial charge < -0.3 is 9.47 Å². The maximum Gasteiger partial charge on any atom is 0.157 e. The number of benzene rings is 1. The lowest BCUT2D eigenvalue weighted by Gasteiger charge is -2.31. The zero-order chi connectivity index (χ0) is 20.9. The summed E-state index contributed by atoms with van der Waals surface area (Å²) < 4.78 is 28.8. The number of nitrogens with one attached hydrogen (secondary N) is 1. The molecule has 2 aliphatic rings. The summed E-state index contributed by atoms with van der Waals surface area (Å²) in [4.78, 5) is 0. The molecule has 4 nitrogen and oxygen atoms in total. The monoisotopic (exact) mass is 485 g/mol. The summed E-state index contributed by atoms with van der Waals surface area (Å²) in [6.07, 6.45) is 8.89. The zero-order valence-electron chi connectivity index (χ0n) is 18.0. The van der Waals surface area contributed by atoms with Gasteiger partial charge in [0, 0.05) is 16.9 Å². The van der Waals surface area contributed by atoms with E-state index in [1.807, 2.05) is 20.8 Å². The number of halogens is 1. The third-order valence-electron chi connectivity index (χ3n) is 5.86. The SMILES string of the molecule is CC(C)(C)S(=O)N[C@@H](CCC1OCCCO1)c1cc(Br)ccc1C1CCCCC1. The molecule has 0 aromatic heterocycles. The molecule has 2 atom stereocenters. The minimum Gasteiger partial charge on any atom is -0.353 e. The zero-order valence-corrected chi connectivity index (χ0v) is 20.4. The fourth-order valence-electron chi connectivity index (χ4n) is 4.22. The van der Waals surface area contributed by atoms with Crippen molar-refractivity contribution < 1.29 is 13.7 Å². The van der Waals surface area contributed by atoms with E-state index in [-0.39, 0.29) is 17.1 Å². The first kappa shape index (κ1) is 23.4. The van der Waals surface area contributed by atoms with Crippen molar-refractivity contribution in [2.45, 2.75) is 95.1 Å². The van der Waals surface area contributed by atoms with Gasteiger partial charge in [0.05, 0.1) is 28.9 Å². The van der Waals surface area contributed by atoms with E-state index in [0.717, 1.165) is 36.9 Å². The molecular formula is C23H36BrNO3S. The largest absolute Gasteiger partial charge is 0.353 e. The van der Waals surface area contributed by atoms with Gasteiger partial charge in [0.1, 0.15) is 0 Å². The van der Waals surface area contributed by atoms with Crippen LogP contribution in [0.1, 0.15) is 95.2 Å². The first-order valence-electron chi connectivity index (χ1n) is 11.0. The highest BCUT2D eigenvalue weighted by atomic mass is 79.9. The smallest absolute Gasteiger partial charge is 0.157 e. The molecule has 1 aromatic rings. The van der Waals surface area contributed by atoms with Gasteiger partial charge in [-0.2, -0.15) is 0 Å². The Morgan fingerprint density at radius 2 is 1.83 bits per heavy atom. The van der Waals surface area contributed by atoms with E-state index < -0.39 is 11.0 Å². The summed E-state index contributed by atoms with van der Waals surface area (Å²) in [5, 5.41) is 0. The van der Waals surface area contributed by atoms with E-state index in [2.05, 4.69) is 38.9 Å². The van der Waals surface area contributed by atoms with Gasteiger partial charge in [-0.25, -0.2) is 8.93 Å². The maximum atomic E-state index is 13.0.